The van der Waals surface area contributed by atoms with Crippen molar-refractivity contribution in [1.29, 1.82) is 0 Å². The number of rotatable bonds is 5. The third kappa shape index (κ3) is 2.48. The third-order valence-electron chi connectivity index (χ3n) is 3.96. The quantitative estimate of drug-likeness (QED) is 0.776. The SMILES string of the molecule is CCC(CC)(c1ccccc1)c1nc(C)cc(C=O)n1. The van der Waals surface area contributed by atoms with Crippen LogP contribution in [0.25, 0.3) is 0 Å². The van der Waals surface area contributed by atoms with E-state index in [0.29, 0.717) is 5.69 Å². The molecule has 0 unspecified atom stereocenters. The van der Waals surface area contributed by atoms with Crippen LogP contribution in [-0.4, -0.2) is 16.3 Å². The highest BCUT2D eigenvalue weighted by atomic mass is 16.1. The van der Waals surface area contributed by atoms with Gasteiger partial charge in [0.1, 0.15) is 11.5 Å². The van der Waals surface area contributed by atoms with Crippen LogP contribution in [0.2, 0.25) is 0 Å². The summed E-state index contributed by atoms with van der Waals surface area (Å²) in [7, 11) is 0. The first kappa shape index (κ1) is 14.4. The Bertz CT molecular complexity index is 589. The fourth-order valence-electron chi connectivity index (χ4n) is 2.73. The molecule has 1 heterocycles. The van der Waals surface area contributed by atoms with E-state index in [-0.39, 0.29) is 5.41 Å². The Labute approximate surface area is 120 Å². The maximum atomic E-state index is 11.1. The Morgan fingerprint density at radius 2 is 1.75 bits per heavy atom. The zero-order chi connectivity index (χ0) is 14.6. The second-order valence-corrected chi connectivity index (χ2v) is 5.03. The molecule has 0 fully saturated rings. The zero-order valence-corrected chi connectivity index (χ0v) is 12.3. The van der Waals surface area contributed by atoms with Gasteiger partial charge in [-0.05, 0) is 31.4 Å². The number of carbonyl (C=O) groups excluding carboxylic acids is 1. The topological polar surface area (TPSA) is 42.9 Å². The van der Waals surface area contributed by atoms with Crippen LogP contribution in [0.1, 0.15) is 54.3 Å². The number of carbonyl (C=O) groups is 1. The Morgan fingerprint density at radius 3 is 2.30 bits per heavy atom. The van der Waals surface area contributed by atoms with Gasteiger partial charge in [-0.1, -0.05) is 44.2 Å². The molecule has 0 saturated carbocycles. The molecule has 3 heteroatoms. The number of nitrogens with zero attached hydrogens (tertiary/aromatic N) is 2. The van der Waals surface area contributed by atoms with Gasteiger partial charge in [-0.3, -0.25) is 4.79 Å². The summed E-state index contributed by atoms with van der Waals surface area (Å²) in [5.41, 5.74) is 2.26. The average Bonchev–Trinajstić information content (AvgIpc) is 2.49. The van der Waals surface area contributed by atoms with Gasteiger partial charge in [-0.2, -0.15) is 0 Å². The minimum atomic E-state index is -0.231. The van der Waals surface area contributed by atoms with Gasteiger partial charge in [0.15, 0.2) is 6.29 Å². The van der Waals surface area contributed by atoms with Crippen LogP contribution >= 0.6 is 0 Å². The molecule has 104 valence electrons. The van der Waals surface area contributed by atoms with Gasteiger partial charge in [0.25, 0.3) is 0 Å². The Morgan fingerprint density at radius 1 is 1.10 bits per heavy atom. The molecule has 0 aliphatic heterocycles. The first-order valence-electron chi connectivity index (χ1n) is 7.03. The Balaban J connectivity index is 2.64. The minimum absolute atomic E-state index is 0.231. The van der Waals surface area contributed by atoms with Gasteiger partial charge in [0, 0.05) is 5.69 Å². The lowest BCUT2D eigenvalue weighted by atomic mass is 9.75. The minimum Gasteiger partial charge on any atom is -0.296 e. The number of aryl methyl sites for hydroxylation is 1. The van der Waals surface area contributed by atoms with Crippen LogP contribution in [0, 0.1) is 6.92 Å². The lowest BCUT2D eigenvalue weighted by Gasteiger charge is -2.31. The van der Waals surface area contributed by atoms with Gasteiger partial charge < -0.3 is 0 Å². The van der Waals surface area contributed by atoms with Crippen molar-refractivity contribution in [2.24, 2.45) is 0 Å². The Hall–Kier alpha value is -2.03. The van der Waals surface area contributed by atoms with Crippen LogP contribution in [-0.2, 0) is 5.41 Å². The maximum absolute atomic E-state index is 11.1. The van der Waals surface area contributed by atoms with E-state index in [1.807, 2.05) is 25.1 Å². The molecule has 1 aromatic carbocycles. The summed E-state index contributed by atoms with van der Waals surface area (Å²) in [6.07, 6.45) is 2.59. The number of benzene rings is 1. The van der Waals surface area contributed by atoms with Gasteiger partial charge in [-0.25, -0.2) is 9.97 Å². The summed E-state index contributed by atoms with van der Waals surface area (Å²) in [4.78, 5) is 20.1. The van der Waals surface area contributed by atoms with E-state index in [2.05, 4.69) is 35.9 Å². The van der Waals surface area contributed by atoms with E-state index in [4.69, 9.17) is 0 Å². The molecule has 3 nitrogen and oxygen atoms in total. The smallest absolute Gasteiger partial charge is 0.168 e. The average molecular weight is 268 g/mol. The maximum Gasteiger partial charge on any atom is 0.168 e. The van der Waals surface area contributed by atoms with Crippen LogP contribution in [0.5, 0.6) is 0 Å². The summed E-state index contributed by atoms with van der Waals surface area (Å²) in [5, 5.41) is 0. The van der Waals surface area contributed by atoms with Crippen molar-refractivity contribution in [2.45, 2.75) is 39.0 Å². The summed E-state index contributed by atoms with van der Waals surface area (Å²) >= 11 is 0. The monoisotopic (exact) mass is 268 g/mol. The van der Waals surface area contributed by atoms with Crippen molar-refractivity contribution in [2.75, 3.05) is 0 Å². The molecular formula is C17H20N2O. The van der Waals surface area contributed by atoms with Crippen molar-refractivity contribution < 1.29 is 4.79 Å². The van der Waals surface area contributed by atoms with E-state index in [0.717, 1.165) is 30.6 Å². The number of aromatic nitrogens is 2. The molecule has 20 heavy (non-hydrogen) atoms. The van der Waals surface area contributed by atoms with Crippen LogP contribution in [0.4, 0.5) is 0 Å². The van der Waals surface area contributed by atoms with Gasteiger partial charge in [-0.15, -0.1) is 0 Å². The van der Waals surface area contributed by atoms with Gasteiger partial charge >= 0.3 is 0 Å². The van der Waals surface area contributed by atoms with Crippen molar-refractivity contribution in [3.8, 4) is 0 Å². The molecule has 0 saturated heterocycles. The largest absolute Gasteiger partial charge is 0.296 e. The summed E-state index contributed by atoms with van der Waals surface area (Å²) < 4.78 is 0. The molecule has 0 N–H and O–H groups in total. The highest BCUT2D eigenvalue weighted by molar-refractivity contribution is 5.71. The van der Waals surface area contributed by atoms with E-state index in [1.165, 1.54) is 5.56 Å². The van der Waals surface area contributed by atoms with Crippen LogP contribution < -0.4 is 0 Å². The number of aldehydes is 1. The molecule has 2 rings (SSSR count). The summed E-state index contributed by atoms with van der Waals surface area (Å²) in [6.45, 7) is 6.19. The van der Waals surface area contributed by atoms with Crippen molar-refractivity contribution in [3.05, 3.63) is 59.2 Å². The second kappa shape index (κ2) is 5.95. The lowest BCUT2D eigenvalue weighted by molar-refractivity contribution is 0.111. The number of hydrogen-bond acceptors (Lipinski definition) is 3. The molecule has 0 radical (unpaired) electrons. The van der Waals surface area contributed by atoms with Gasteiger partial charge in [0.2, 0.25) is 0 Å². The van der Waals surface area contributed by atoms with Crippen LogP contribution in [0.15, 0.2) is 36.4 Å². The normalized spacial score (nSPS) is 11.3. The van der Waals surface area contributed by atoms with Crippen molar-refractivity contribution in [1.82, 2.24) is 9.97 Å². The fourth-order valence-corrected chi connectivity index (χ4v) is 2.73. The van der Waals surface area contributed by atoms with E-state index < -0.39 is 0 Å². The standard InChI is InChI=1S/C17H20N2O/c1-4-17(5-2,14-9-7-6-8-10-14)16-18-13(3)11-15(12-20)19-16/h6-12H,4-5H2,1-3H3. The van der Waals surface area contributed by atoms with Crippen molar-refractivity contribution >= 4 is 6.29 Å². The van der Waals surface area contributed by atoms with E-state index >= 15 is 0 Å². The lowest BCUT2D eigenvalue weighted by Crippen LogP contribution is -2.29. The van der Waals surface area contributed by atoms with Crippen molar-refractivity contribution in [3.63, 3.8) is 0 Å². The molecule has 0 amide bonds. The van der Waals surface area contributed by atoms with E-state index in [1.54, 1.807) is 6.07 Å². The third-order valence-corrected chi connectivity index (χ3v) is 3.96. The summed E-state index contributed by atoms with van der Waals surface area (Å²) in [5.74, 6) is 0.746. The molecule has 2 aromatic rings. The molecule has 0 bridgehead atoms. The highest BCUT2D eigenvalue weighted by Crippen LogP contribution is 2.36. The second-order valence-electron chi connectivity index (χ2n) is 5.03. The van der Waals surface area contributed by atoms with Gasteiger partial charge in [0.05, 0.1) is 5.41 Å². The first-order valence-corrected chi connectivity index (χ1v) is 7.03. The molecule has 0 aliphatic rings. The molecular weight excluding hydrogens is 248 g/mol. The molecule has 1 aromatic heterocycles. The first-order chi connectivity index (χ1) is 9.66. The number of hydrogen-bond donors (Lipinski definition) is 0. The fraction of sp³-hybridized carbons (Fsp3) is 0.353. The predicted octanol–water partition coefficient (Wildman–Crippen LogP) is 3.70. The van der Waals surface area contributed by atoms with E-state index in [9.17, 15) is 4.79 Å². The Kier molecular flexibility index (Phi) is 4.28. The molecule has 0 atom stereocenters. The molecule has 0 spiro atoms. The predicted molar refractivity (Wildman–Crippen MR) is 80.0 cm³/mol. The molecule has 0 aliphatic carbocycles. The van der Waals surface area contributed by atoms with Crippen LogP contribution in [0.3, 0.4) is 0 Å². The zero-order valence-electron chi connectivity index (χ0n) is 12.3. The summed E-state index contributed by atoms with van der Waals surface area (Å²) in [6, 6.07) is 12.0. The highest BCUT2D eigenvalue weighted by Gasteiger charge is 2.33.